The lowest BCUT2D eigenvalue weighted by Crippen LogP contribution is -2.29. The minimum absolute atomic E-state index is 0.0923. The molecule has 35 heavy (non-hydrogen) atoms. The molecule has 3 heterocycles. The number of amides is 1. The molecule has 4 aromatic rings. The summed E-state index contributed by atoms with van der Waals surface area (Å²) < 4.78 is 17.1. The van der Waals surface area contributed by atoms with Crippen molar-refractivity contribution in [2.75, 3.05) is 13.7 Å². The molecular formula is C27H27N3O5. The molecule has 8 heteroatoms. The number of benzene rings is 2. The Bertz CT molecular complexity index is 1330. The smallest absolute Gasteiger partial charge is 0.273 e. The molecule has 0 bridgehead atoms. The molecule has 0 aliphatic carbocycles. The maximum Gasteiger partial charge on any atom is 0.273 e. The highest BCUT2D eigenvalue weighted by atomic mass is 16.5. The summed E-state index contributed by atoms with van der Waals surface area (Å²) in [6.45, 7) is 2.98. The summed E-state index contributed by atoms with van der Waals surface area (Å²) in [7, 11) is 1.60. The zero-order valence-corrected chi connectivity index (χ0v) is 19.7. The molecule has 0 saturated heterocycles. The third-order valence-electron chi connectivity index (χ3n) is 6.19. The number of ether oxygens (including phenoxy) is 2. The van der Waals surface area contributed by atoms with Crippen LogP contribution in [0.3, 0.4) is 0 Å². The lowest BCUT2D eigenvalue weighted by Gasteiger charge is -2.26. The predicted octanol–water partition coefficient (Wildman–Crippen LogP) is 5.31. The van der Waals surface area contributed by atoms with E-state index in [1.54, 1.807) is 42.5 Å². The van der Waals surface area contributed by atoms with Crippen LogP contribution in [0.4, 0.5) is 0 Å². The third-order valence-corrected chi connectivity index (χ3v) is 6.19. The van der Waals surface area contributed by atoms with Gasteiger partial charge in [0.25, 0.3) is 5.91 Å². The van der Waals surface area contributed by atoms with Crippen molar-refractivity contribution < 1.29 is 23.8 Å². The van der Waals surface area contributed by atoms with Crippen LogP contribution in [0, 0.1) is 0 Å². The molecule has 0 fully saturated rings. The number of aromatic hydroxyl groups is 1. The number of para-hydroxylation sites is 1. The predicted molar refractivity (Wildman–Crippen MR) is 130 cm³/mol. The molecule has 2 aromatic heterocycles. The van der Waals surface area contributed by atoms with Crippen molar-refractivity contribution in [1.29, 1.82) is 0 Å². The van der Waals surface area contributed by atoms with Crippen LogP contribution >= 0.6 is 0 Å². The van der Waals surface area contributed by atoms with Crippen LogP contribution in [-0.4, -0.2) is 39.8 Å². The number of rotatable bonds is 9. The fourth-order valence-corrected chi connectivity index (χ4v) is 4.46. The molecule has 0 saturated carbocycles. The number of furan rings is 1. The summed E-state index contributed by atoms with van der Waals surface area (Å²) in [5.74, 6) is 1.80. The standard InChI is InChI=1S/C27H27N3O5/c1-3-4-13-35-21-12-11-17(15-22(21)33-2)26-23-24(19-9-5-6-10-20(19)31)28-29-25(23)27(32)30(26)16-18-8-7-14-34-18/h5-12,14-15,26,31H,3-4,13,16H2,1-2H3,(H,28,29)/t26-/m1/s1. The summed E-state index contributed by atoms with van der Waals surface area (Å²) in [6.07, 6.45) is 3.57. The summed E-state index contributed by atoms with van der Waals surface area (Å²) in [5, 5.41) is 17.9. The van der Waals surface area contributed by atoms with E-state index in [0.29, 0.717) is 46.4 Å². The van der Waals surface area contributed by atoms with Crippen molar-refractivity contribution in [2.24, 2.45) is 0 Å². The zero-order chi connectivity index (χ0) is 24.4. The van der Waals surface area contributed by atoms with Crippen LogP contribution in [-0.2, 0) is 6.54 Å². The number of phenolic OH excluding ortho intramolecular Hbond substituents is 1. The van der Waals surface area contributed by atoms with E-state index in [-0.39, 0.29) is 18.2 Å². The van der Waals surface area contributed by atoms with E-state index in [4.69, 9.17) is 13.9 Å². The summed E-state index contributed by atoms with van der Waals surface area (Å²) in [4.78, 5) is 15.3. The normalized spacial score (nSPS) is 14.9. The van der Waals surface area contributed by atoms with Crippen LogP contribution in [0.5, 0.6) is 17.2 Å². The van der Waals surface area contributed by atoms with E-state index >= 15 is 0 Å². The largest absolute Gasteiger partial charge is 0.507 e. The highest BCUT2D eigenvalue weighted by molar-refractivity contribution is 6.00. The monoisotopic (exact) mass is 473 g/mol. The van der Waals surface area contributed by atoms with Gasteiger partial charge in [0, 0.05) is 11.1 Å². The first kappa shape index (κ1) is 22.6. The number of nitrogens with one attached hydrogen (secondary N) is 1. The molecule has 8 nitrogen and oxygen atoms in total. The molecule has 2 aromatic carbocycles. The van der Waals surface area contributed by atoms with E-state index < -0.39 is 6.04 Å². The number of hydrogen-bond acceptors (Lipinski definition) is 6. The molecule has 2 N–H and O–H groups in total. The Kier molecular flexibility index (Phi) is 6.18. The van der Waals surface area contributed by atoms with Crippen molar-refractivity contribution in [3.05, 3.63) is 83.4 Å². The SMILES string of the molecule is CCCCOc1ccc([C@@H]2c3c(-c4ccccc4O)n[nH]c3C(=O)N2Cc2ccco2)cc1OC. The second-order valence-electron chi connectivity index (χ2n) is 8.41. The Labute approximate surface area is 203 Å². The summed E-state index contributed by atoms with van der Waals surface area (Å²) in [6, 6.07) is 15.8. The van der Waals surface area contributed by atoms with E-state index in [1.807, 2.05) is 30.3 Å². The van der Waals surface area contributed by atoms with Gasteiger partial charge in [-0.15, -0.1) is 0 Å². The number of aromatic amines is 1. The zero-order valence-electron chi connectivity index (χ0n) is 19.7. The quantitative estimate of drug-likeness (QED) is 0.320. The summed E-state index contributed by atoms with van der Waals surface area (Å²) in [5.41, 5.74) is 3.00. The highest BCUT2D eigenvalue weighted by Gasteiger charge is 2.43. The molecule has 180 valence electrons. The second-order valence-corrected chi connectivity index (χ2v) is 8.41. The van der Waals surface area contributed by atoms with Gasteiger partial charge in [0.2, 0.25) is 0 Å². The van der Waals surface area contributed by atoms with Gasteiger partial charge in [0.05, 0.1) is 32.6 Å². The highest BCUT2D eigenvalue weighted by Crippen LogP contribution is 2.46. The Morgan fingerprint density at radius 2 is 2.00 bits per heavy atom. The van der Waals surface area contributed by atoms with Crippen LogP contribution in [0.2, 0.25) is 0 Å². The Hall–Kier alpha value is -4.20. The molecule has 1 aliphatic rings. The van der Waals surface area contributed by atoms with Crippen LogP contribution in [0.15, 0.2) is 65.3 Å². The van der Waals surface area contributed by atoms with E-state index in [2.05, 4.69) is 17.1 Å². The van der Waals surface area contributed by atoms with Crippen LogP contribution in [0.1, 0.15) is 53.2 Å². The number of phenols is 1. The minimum atomic E-state index is -0.477. The van der Waals surface area contributed by atoms with Crippen molar-refractivity contribution >= 4 is 5.91 Å². The van der Waals surface area contributed by atoms with Gasteiger partial charge in [-0.25, -0.2) is 0 Å². The first-order chi connectivity index (χ1) is 17.1. The lowest BCUT2D eigenvalue weighted by molar-refractivity contribution is 0.0716. The maximum absolute atomic E-state index is 13.5. The molecule has 0 unspecified atom stereocenters. The van der Waals surface area contributed by atoms with Gasteiger partial charge in [-0.05, 0) is 48.4 Å². The molecule has 5 rings (SSSR count). The second kappa shape index (κ2) is 9.58. The fraction of sp³-hybridized carbons (Fsp3) is 0.259. The molecule has 0 spiro atoms. The number of nitrogens with zero attached hydrogens (tertiary/aromatic N) is 2. The number of fused-ring (bicyclic) bond motifs is 1. The van der Waals surface area contributed by atoms with Gasteiger partial charge >= 0.3 is 0 Å². The number of methoxy groups -OCH3 is 1. The number of H-pyrrole nitrogens is 1. The molecule has 1 atom stereocenters. The van der Waals surface area contributed by atoms with Crippen LogP contribution < -0.4 is 9.47 Å². The van der Waals surface area contributed by atoms with Crippen LogP contribution in [0.25, 0.3) is 11.3 Å². The minimum Gasteiger partial charge on any atom is -0.507 e. The fourth-order valence-electron chi connectivity index (χ4n) is 4.46. The van der Waals surface area contributed by atoms with Crippen molar-refractivity contribution in [3.8, 4) is 28.5 Å². The molecule has 1 amide bonds. The third kappa shape index (κ3) is 4.12. The maximum atomic E-state index is 13.5. The molecular weight excluding hydrogens is 446 g/mol. The number of carbonyl (C=O) groups excluding carboxylic acids is 1. The van der Waals surface area contributed by atoms with Gasteiger partial charge in [0.15, 0.2) is 11.5 Å². The van der Waals surface area contributed by atoms with E-state index in [9.17, 15) is 9.90 Å². The van der Waals surface area contributed by atoms with Gasteiger partial charge in [0.1, 0.15) is 22.9 Å². The van der Waals surface area contributed by atoms with E-state index in [1.165, 1.54) is 0 Å². The van der Waals surface area contributed by atoms with Crippen molar-refractivity contribution in [3.63, 3.8) is 0 Å². The Balaban J connectivity index is 1.61. The first-order valence-electron chi connectivity index (χ1n) is 11.6. The van der Waals surface area contributed by atoms with Gasteiger partial charge in [-0.1, -0.05) is 31.5 Å². The van der Waals surface area contributed by atoms with Crippen molar-refractivity contribution in [1.82, 2.24) is 15.1 Å². The van der Waals surface area contributed by atoms with Crippen molar-refractivity contribution in [2.45, 2.75) is 32.4 Å². The number of unbranched alkanes of at least 4 members (excludes halogenated alkanes) is 1. The van der Waals surface area contributed by atoms with Gasteiger partial charge < -0.3 is 23.9 Å². The average molecular weight is 474 g/mol. The van der Waals surface area contributed by atoms with Gasteiger partial charge in [-0.2, -0.15) is 5.10 Å². The lowest BCUT2D eigenvalue weighted by atomic mass is 9.95. The topological polar surface area (TPSA) is 101 Å². The summed E-state index contributed by atoms with van der Waals surface area (Å²) >= 11 is 0. The first-order valence-corrected chi connectivity index (χ1v) is 11.6. The van der Waals surface area contributed by atoms with E-state index in [0.717, 1.165) is 18.4 Å². The number of aromatic nitrogens is 2. The Morgan fingerprint density at radius 3 is 2.74 bits per heavy atom. The molecule has 1 aliphatic heterocycles. The molecule has 0 radical (unpaired) electrons. The van der Waals surface area contributed by atoms with Gasteiger partial charge in [-0.3, -0.25) is 9.89 Å². The Morgan fingerprint density at radius 1 is 1.14 bits per heavy atom. The number of carbonyl (C=O) groups is 1. The average Bonchev–Trinajstić information content (AvgIpc) is 3.59. The number of hydrogen-bond donors (Lipinski definition) is 2.